The summed E-state index contributed by atoms with van der Waals surface area (Å²) in [6.45, 7) is 0.135. The summed E-state index contributed by atoms with van der Waals surface area (Å²) < 4.78 is 0. The molecule has 2 aromatic heterocycles. The zero-order valence-electron chi connectivity index (χ0n) is 18.8. The standard InChI is InChI=1S/C21H24N8O7/c22-21-27-17-16(19(34)28-21)25-12(9-23-17)10-29(24-7-8-30)13-3-1-11(2-4-13)18(33)26-14(20(35)36)5-6-15(31)32/h1-4,9,14,24,30H,5-8,10H2,(H,26,33)(H,31,32)(H,35,36)(H3,22,23,27,28,34)/t14-/m0/s1. The molecule has 0 aliphatic rings. The zero-order valence-corrected chi connectivity index (χ0v) is 18.8. The third-order valence-electron chi connectivity index (χ3n) is 4.91. The van der Waals surface area contributed by atoms with Crippen molar-refractivity contribution in [3.05, 3.63) is 52.1 Å². The Balaban J connectivity index is 1.77. The molecule has 0 spiro atoms. The number of nitrogens with zero attached hydrogens (tertiary/aromatic N) is 4. The maximum atomic E-state index is 12.5. The molecule has 190 valence electrons. The lowest BCUT2D eigenvalue weighted by Gasteiger charge is -2.25. The normalized spacial score (nSPS) is 11.7. The van der Waals surface area contributed by atoms with Crippen LogP contribution in [-0.4, -0.2) is 72.3 Å². The number of aromatic amines is 1. The average Bonchev–Trinajstić information content (AvgIpc) is 2.84. The van der Waals surface area contributed by atoms with Gasteiger partial charge in [0.1, 0.15) is 6.04 Å². The number of nitrogens with two attached hydrogens (primary N) is 1. The Bertz CT molecular complexity index is 1310. The Labute approximate surface area is 203 Å². The Morgan fingerprint density at radius 3 is 2.50 bits per heavy atom. The second kappa shape index (κ2) is 11.7. The smallest absolute Gasteiger partial charge is 0.326 e. The van der Waals surface area contributed by atoms with Crippen molar-refractivity contribution >= 4 is 40.6 Å². The molecule has 0 aliphatic heterocycles. The molecule has 1 aromatic carbocycles. The molecule has 15 heteroatoms. The number of amides is 1. The van der Waals surface area contributed by atoms with Gasteiger partial charge in [0.15, 0.2) is 11.2 Å². The number of carboxylic acids is 2. The molecule has 8 N–H and O–H groups in total. The molecule has 1 atom stereocenters. The van der Waals surface area contributed by atoms with Gasteiger partial charge in [0.2, 0.25) is 5.95 Å². The van der Waals surface area contributed by atoms with Gasteiger partial charge < -0.3 is 31.4 Å². The van der Waals surface area contributed by atoms with Gasteiger partial charge in [0.05, 0.1) is 30.7 Å². The van der Waals surface area contributed by atoms with Crippen LogP contribution in [0.1, 0.15) is 28.9 Å². The molecule has 0 saturated carbocycles. The van der Waals surface area contributed by atoms with E-state index in [9.17, 15) is 29.4 Å². The number of aromatic nitrogens is 4. The molecule has 0 bridgehead atoms. The number of aliphatic carboxylic acids is 2. The third kappa shape index (κ3) is 6.71. The van der Waals surface area contributed by atoms with Gasteiger partial charge in [-0.15, -0.1) is 0 Å². The highest BCUT2D eigenvalue weighted by molar-refractivity contribution is 5.97. The first-order valence-corrected chi connectivity index (χ1v) is 10.7. The van der Waals surface area contributed by atoms with Crippen molar-refractivity contribution in [2.75, 3.05) is 23.9 Å². The number of nitrogen functional groups attached to an aromatic ring is 1. The van der Waals surface area contributed by atoms with E-state index >= 15 is 0 Å². The summed E-state index contributed by atoms with van der Waals surface area (Å²) in [4.78, 5) is 61.3. The minimum Gasteiger partial charge on any atom is -0.481 e. The van der Waals surface area contributed by atoms with Crippen LogP contribution in [0.5, 0.6) is 0 Å². The molecule has 0 aliphatic carbocycles. The van der Waals surface area contributed by atoms with Gasteiger partial charge in [-0.1, -0.05) is 0 Å². The maximum Gasteiger partial charge on any atom is 0.326 e. The largest absolute Gasteiger partial charge is 0.481 e. The minimum atomic E-state index is -1.35. The van der Waals surface area contributed by atoms with E-state index in [1.165, 1.54) is 18.3 Å². The number of anilines is 2. The third-order valence-corrected chi connectivity index (χ3v) is 4.91. The topological polar surface area (TPSA) is 237 Å². The van der Waals surface area contributed by atoms with Crippen LogP contribution in [0.4, 0.5) is 11.6 Å². The van der Waals surface area contributed by atoms with Crippen LogP contribution in [-0.2, 0) is 16.1 Å². The Morgan fingerprint density at radius 1 is 1.14 bits per heavy atom. The SMILES string of the molecule is Nc1nc2ncc(CN(NCCO)c3ccc(C(=O)N[C@@H](CCC(=O)O)C(=O)O)cc3)nc2c(=O)[nH]1. The molecule has 36 heavy (non-hydrogen) atoms. The van der Waals surface area contributed by atoms with E-state index in [1.807, 2.05) is 0 Å². The number of hydrogen-bond donors (Lipinski definition) is 7. The number of nitrogens with one attached hydrogen (secondary N) is 3. The Hall–Kier alpha value is -4.63. The predicted molar refractivity (Wildman–Crippen MR) is 126 cm³/mol. The van der Waals surface area contributed by atoms with E-state index in [0.29, 0.717) is 11.4 Å². The molecule has 2 heterocycles. The van der Waals surface area contributed by atoms with Crippen LogP contribution in [0.15, 0.2) is 35.3 Å². The fourth-order valence-corrected chi connectivity index (χ4v) is 3.19. The van der Waals surface area contributed by atoms with Crippen LogP contribution in [0.2, 0.25) is 0 Å². The molecule has 15 nitrogen and oxygen atoms in total. The van der Waals surface area contributed by atoms with Gasteiger partial charge in [0, 0.05) is 18.5 Å². The van der Waals surface area contributed by atoms with Gasteiger partial charge in [-0.25, -0.2) is 20.2 Å². The van der Waals surface area contributed by atoms with Gasteiger partial charge in [-0.2, -0.15) is 4.98 Å². The summed E-state index contributed by atoms with van der Waals surface area (Å²) in [5, 5.41) is 31.1. The van der Waals surface area contributed by atoms with Crippen molar-refractivity contribution in [1.82, 2.24) is 30.7 Å². The quantitative estimate of drug-likeness (QED) is 0.146. The van der Waals surface area contributed by atoms with Gasteiger partial charge in [-0.05, 0) is 30.7 Å². The van der Waals surface area contributed by atoms with Crippen LogP contribution in [0.3, 0.4) is 0 Å². The molecule has 3 rings (SSSR count). The summed E-state index contributed by atoms with van der Waals surface area (Å²) in [5.74, 6) is -3.27. The lowest BCUT2D eigenvalue weighted by molar-refractivity contribution is -0.140. The van der Waals surface area contributed by atoms with Gasteiger partial charge >= 0.3 is 11.9 Å². The second-order valence-corrected chi connectivity index (χ2v) is 7.55. The van der Waals surface area contributed by atoms with Crippen molar-refractivity contribution in [2.45, 2.75) is 25.4 Å². The van der Waals surface area contributed by atoms with Crippen molar-refractivity contribution in [3.63, 3.8) is 0 Å². The number of carbonyl (C=O) groups excluding carboxylic acids is 1. The first-order chi connectivity index (χ1) is 17.2. The summed E-state index contributed by atoms with van der Waals surface area (Å²) in [5.41, 5.74) is 9.18. The number of H-pyrrole nitrogens is 1. The highest BCUT2D eigenvalue weighted by Gasteiger charge is 2.22. The predicted octanol–water partition coefficient (Wildman–Crippen LogP) is -1.15. The van der Waals surface area contributed by atoms with Crippen LogP contribution >= 0.6 is 0 Å². The zero-order chi connectivity index (χ0) is 26.2. The van der Waals surface area contributed by atoms with Crippen LogP contribution < -0.4 is 27.0 Å². The number of benzene rings is 1. The number of carboxylic acid groups (broad SMARTS) is 2. The Morgan fingerprint density at radius 2 is 1.86 bits per heavy atom. The number of hydrazine groups is 1. The number of carbonyl (C=O) groups is 3. The fourth-order valence-electron chi connectivity index (χ4n) is 3.19. The molecule has 0 radical (unpaired) electrons. The molecule has 1 amide bonds. The fraction of sp³-hybridized carbons (Fsp3) is 0.286. The van der Waals surface area contributed by atoms with E-state index in [-0.39, 0.29) is 48.8 Å². The van der Waals surface area contributed by atoms with Crippen LogP contribution in [0, 0.1) is 0 Å². The first kappa shape index (κ1) is 26.0. The summed E-state index contributed by atoms with van der Waals surface area (Å²) in [7, 11) is 0. The summed E-state index contributed by atoms with van der Waals surface area (Å²) in [6.07, 6.45) is 0.757. The van der Waals surface area contributed by atoms with E-state index in [0.717, 1.165) is 0 Å². The van der Waals surface area contributed by atoms with E-state index in [2.05, 4.69) is 30.7 Å². The Kier molecular flexibility index (Phi) is 8.43. The molecular formula is C21H24N8O7. The molecule has 0 fully saturated rings. The van der Waals surface area contributed by atoms with Gasteiger partial charge in [-0.3, -0.25) is 19.4 Å². The number of aliphatic hydroxyl groups is 1. The van der Waals surface area contributed by atoms with E-state index < -0.39 is 35.9 Å². The second-order valence-electron chi connectivity index (χ2n) is 7.55. The molecule has 0 unspecified atom stereocenters. The molecule has 0 saturated heterocycles. The van der Waals surface area contributed by atoms with E-state index in [1.54, 1.807) is 17.1 Å². The summed E-state index contributed by atoms with van der Waals surface area (Å²) >= 11 is 0. The summed E-state index contributed by atoms with van der Waals surface area (Å²) in [6, 6.07) is 4.72. The maximum absolute atomic E-state index is 12.5. The number of hydrogen-bond acceptors (Lipinski definition) is 11. The molecular weight excluding hydrogens is 476 g/mol. The van der Waals surface area contributed by atoms with Crippen molar-refractivity contribution in [1.29, 1.82) is 0 Å². The highest BCUT2D eigenvalue weighted by Crippen LogP contribution is 2.17. The van der Waals surface area contributed by atoms with Gasteiger partial charge in [0.25, 0.3) is 11.5 Å². The lowest BCUT2D eigenvalue weighted by Crippen LogP contribution is -2.41. The monoisotopic (exact) mass is 500 g/mol. The first-order valence-electron chi connectivity index (χ1n) is 10.7. The number of aliphatic hydroxyl groups excluding tert-OH is 1. The number of fused-ring (bicyclic) bond motifs is 1. The van der Waals surface area contributed by atoms with Crippen LogP contribution in [0.25, 0.3) is 11.2 Å². The van der Waals surface area contributed by atoms with Crippen molar-refractivity contribution in [3.8, 4) is 0 Å². The van der Waals surface area contributed by atoms with E-state index in [4.69, 9.17) is 10.8 Å². The average molecular weight is 500 g/mol. The number of rotatable bonds is 12. The lowest BCUT2D eigenvalue weighted by atomic mass is 10.1. The van der Waals surface area contributed by atoms with Crippen molar-refractivity contribution < 1.29 is 29.7 Å². The van der Waals surface area contributed by atoms with Crippen molar-refractivity contribution in [2.24, 2.45) is 0 Å². The highest BCUT2D eigenvalue weighted by atomic mass is 16.4. The minimum absolute atomic E-state index is 0.00621. The molecule has 3 aromatic rings.